The van der Waals surface area contributed by atoms with Crippen LogP contribution in [0.1, 0.15) is 0 Å². The molecule has 0 saturated heterocycles. The van der Waals surface area contributed by atoms with Crippen molar-refractivity contribution in [1.29, 1.82) is 0 Å². The summed E-state index contributed by atoms with van der Waals surface area (Å²) in [4.78, 5) is 9.50. The summed E-state index contributed by atoms with van der Waals surface area (Å²) < 4.78 is 0.973. The zero-order valence-electron chi connectivity index (χ0n) is 2.89. The molecule has 6 heavy (non-hydrogen) atoms. The second-order valence-electron chi connectivity index (χ2n) is 0.419. The van der Waals surface area contributed by atoms with Crippen LogP contribution in [0.2, 0.25) is 0 Å². The molecule has 0 rings (SSSR count). The highest BCUT2D eigenvalue weighted by molar-refractivity contribution is 14.1. The summed E-state index contributed by atoms with van der Waals surface area (Å²) >= 11 is 2.19. The maximum atomic E-state index is 9.50. The Labute approximate surface area is 58.2 Å². The number of hydrogen-bond acceptors (Lipinski definition) is 3. The lowest BCUT2D eigenvalue weighted by atomic mass is 11.8. The second-order valence-corrected chi connectivity index (χ2v) is 4.41. The zero-order valence-corrected chi connectivity index (χ0v) is 6.68. The first-order valence-electron chi connectivity index (χ1n) is 1.19. The van der Waals surface area contributed by atoms with Crippen molar-refractivity contribution in [2.45, 2.75) is 0 Å². The van der Waals surface area contributed by atoms with Gasteiger partial charge in [-0.05, 0) is 10.8 Å². The Balaban J connectivity index is 2.49. The van der Waals surface area contributed by atoms with Crippen molar-refractivity contribution in [2.75, 3.05) is 3.76 Å². The lowest BCUT2D eigenvalue weighted by molar-refractivity contribution is 0.570. The molecule has 1 nitrogen and oxygen atoms in total. The average Bonchev–Trinajstić information content (AvgIpc) is 1.61. The number of carbonyl (C=O) groups is 1. The van der Waals surface area contributed by atoms with Gasteiger partial charge < -0.3 is 0 Å². The van der Waals surface area contributed by atoms with Crippen LogP contribution in [0.4, 0.5) is 0 Å². The van der Waals surface area contributed by atoms with Crippen molar-refractivity contribution in [3.63, 3.8) is 0 Å². The molecule has 0 N–H and O–H groups in total. The van der Waals surface area contributed by atoms with Gasteiger partial charge in [0.15, 0.2) is 5.62 Å². The smallest absolute Gasteiger partial charge is 0.186 e. The maximum Gasteiger partial charge on any atom is 0.186 e. The zero-order chi connectivity index (χ0) is 4.83. The largest absolute Gasteiger partial charge is 0.290 e. The van der Waals surface area contributed by atoms with Gasteiger partial charge in [0.05, 0.1) is 3.76 Å². The Kier molecular flexibility index (Phi) is 7.22. The minimum Gasteiger partial charge on any atom is -0.290 e. The number of rotatable bonds is 3. The molecule has 0 spiro atoms. The summed E-state index contributed by atoms with van der Waals surface area (Å²) in [5.74, 6) is 0. The molecule has 0 aromatic carbocycles. The average molecular weight is 234 g/mol. The van der Waals surface area contributed by atoms with Gasteiger partial charge in [-0.3, -0.25) is 4.79 Å². The van der Waals surface area contributed by atoms with E-state index in [1.54, 1.807) is 10.8 Å². The minimum atomic E-state index is 0.837. The van der Waals surface area contributed by atoms with Crippen LogP contribution in [0.25, 0.3) is 0 Å². The lowest BCUT2D eigenvalue weighted by Gasteiger charge is -1.77. The van der Waals surface area contributed by atoms with E-state index < -0.39 is 0 Å². The van der Waals surface area contributed by atoms with E-state index in [1.807, 2.05) is 0 Å². The van der Waals surface area contributed by atoms with Crippen LogP contribution in [0.3, 0.4) is 0 Å². The van der Waals surface area contributed by atoms with Gasteiger partial charge >= 0.3 is 0 Å². The molecule has 4 heteroatoms. The highest BCUT2D eigenvalue weighted by Crippen LogP contribution is 2.19. The molecular formula is C2H3IOS2. The van der Waals surface area contributed by atoms with E-state index >= 15 is 0 Å². The predicted molar refractivity (Wildman–Crippen MR) is 40.8 cm³/mol. The molecule has 36 valence electrons. The van der Waals surface area contributed by atoms with Gasteiger partial charge in [0.1, 0.15) is 0 Å². The van der Waals surface area contributed by atoms with E-state index in [-0.39, 0.29) is 0 Å². The normalized spacial score (nSPS) is 8.17. The third kappa shape index (κ3) is 5.10. The van der Waals surface area contributed by atoms with Crippen molar-refractivity contribution in [2.24, 2.45) is 0 Å². The van der Waals surface area contributed by atoms with Crippen LogP contribution in [0, 0.1) is 0 Å². The molecule has 0 saturated carbocycles. The summed E-state index contributed by atoms with van der Waals surface area (Å²) in [6.45, 7) is 0. The van der Waals surface area contributed by atoms with E-state index in [0.717, 1.165) is 9.38 Å². The van der Waals surface area contributed by atoms with Gasteiger partial charge in [-0.2, -0.15) is 0 Å². The van der Waals surface area contributed by atoms with Crippen LogP contribution in [0.15, 0.2) is 0 Å². The monoisotopic (exact) mass is 234 g/mol. The first kappa shape index (κ1) is 7.10. The van der Waals surface area contributed by atoms with Gasteiger partial charge in [0, 0.05) is 0 Å². The van der Waals surface area contributed by atoms with E-state index in [2.05, 4.69) is 22.6 Å². The topological polar surface area (TPSA) is 17.1 Å². The van der Waals surface area contributed by atoms with E-state index in [1.165, 1.54) is 10.8 Å². The van der Waals surface area contributed by atoms with Crippen LogP contribution >= 0.6 is 44.2 Å². The first-order valence-corrected chi connectivity index (χ1v) is 5.10. The molecule has 0 aromatic rings. The van der Waals surface area contributed by atoms with Crippen molar-refractivity contribution >= 4 is 49.8 Å². The fraction of sp³-hybridized carbons (Fsp3) is 0.500. The molecule has 0 fully saturated rings. The molecule has 0 atom stereocenters. The van der Waals surface area contributed by atoms with Gasteiger partial charge in [0.2, 0.25) is 0 Å². The fourth-order valence-electron chi connectivity index (χ4n) is 0.0535. The fourth-order valence-corrected chi connectivity index (χ4v) is 1.80. The van der Waals surface area contributed by atoms with Crippen molar-refractivity contribution < 1.29 is 4.79 Å². The summed E-state index contributed by atoms with van der Waals surface area (Å²) in [5.41, 5.74) is 0.837. The maximum absolute atomic E-state index is 9.50. The van der Waals surface area contributed by atoms with Crippen LogP contribution in [-0.4, -0.2) is 9.38 Å². The van der Waals surface area contributed by atoms with Crippen LogP contribution < -0.4 is 0 Å². The number of alkyl halides is 1. The number of hydrogen-bond donors (Lipinski definition) is 0. The Morgan fingerprint density at radius 2 is 2.50 bits per heavy atom. The van der Waals surface area contributed by atoms with E-state index in [9.17, 15) is 4.79 Å². The van der Waals surface area contributed by atoms with Crippen LogP contribution in [0.5, 0.6) is 0 Å². The van der Waals surface area contributed by atoms with Crippen molar-refractivity contribution in [1.82, 2.24) is 0 Å². The molecule has 0 aromatic heterocycles. The summed E-state index contributed by atoms with van der Waals surface area (Å²) in [5, 5.41) is 0. The highest BCUT2D eigenvalue weighted by atomic mass is 127. The second kappa shape index (κ2) is 6.10. The molecule has 0 unspecified atom stereocenters. The van der Waals surface area contributed by atoms with E-state index in [4.69, 9.17) is 0 Å². The predicted octanol–water partition coefficient (Wildman–Crippen LogP) is 1.95. The van der Waals surface area contributed by atoms with Gasteiger partial charge in [-0.15, -0.1) is 0 Å². The lowest BCUT2D eigenvalue weighted by Crippen LogP contribution is -1.50. The molecule has 0 aliphatic carbocycles. The molecule has 0 aliphatic heterocycles. The molecule has 0 bridgehead atoms. The number of halogens is 1. The summed E-state index contributed by atoms with van der Waals surface area (Å²) in [6.07, 6.45) is 0. The Bertz CT molecular complexity index is 40.5. The van der Waals surface area contributed by atoms with Gasteiger partial charge in [-0.1, -0.05) is 33.4 Å². The van der Waals surface area contributed by atoms with Gasteiger partial charge in [0.25, 0.3) is 0 Å². The van der Waals surface area contributed by atoms with Crippen molar-refractivity contribution in [3.05, 3.63) is 0 Å². The Hall–Kier alpha value is 1.10. The Morgan fingerprint density at radius 3 is 2.67 bits per heavy atom. The highest BCUT2D eigenvalue weighted by Gasteiger charge is 1.76. The van der Waals surface area contributed by atoms with Crippen molar-refractivity contribution in [3.8, 4) is 0 Å². The standard InChI is InChI=1S/C2H3IOS2/c3-1-5-6-2-4/h2H,1H2. The molecule has 0 heterocycles. The molecule has 0 radical (unpaired) electrons. The Morgan fingerprint density at radius 1 is 1.83 bits per heavy atom. The number of carbonyl (C=O) groups excluding carboxylic acids is 1. The third-order valence-corrected chi connectivity index (χ3v) is 3.66. The van der Waals surface area contributed by atoms with E-state index in [0.29, 0.717) is 0 Å². The third-order valence-electron chi connectivity index (χ3n) is 0.152. The van der Waals surface area contributed by atoms with Crippen LogP contribution in [-0.2, 0) is 4.79 Å². The minimum absolute atomic E-state index is 0.837. The molecule has 0 aliphatic rings. The first-order chi connectivity index (χ1) is 2.91. The molecule has 0 amide bonds. The summed E-state index contributed by atoms with van der Waals surface area (Å²) in [6, 6.07) is 0. The molecular weight excluding hydrogens is 231 g/mol. The summed E-state index contributed by atoms with van der Waals surface area (Å²) in [7, 11) is 2.78. The quantitative estimate of drug-likeness (QED) is 0.244. The van der Waals surface area contributed by atoms with Gasteiger partial charge in [-0.25, -0.2) is 0 Å². The SMILES string of the molecule is O=CSSCI.